The van der Waals surface area contributed by atoms with Gasteiger partial charge in [0.05, 0.1) is 11.9 Å². The highest BCUT2D eigenvalue weighted by atomic mass is 35.5. The highest BCUT2D eigenvalue weighted by Crippen LogP contribution is 2.36. The smallest absolute Gasteiger partial charge is 0.243 e. The predicted octanol–water partition coefficient (Wildman–Crippen LogP) is 5.04. The van der Waals surface area contributed by atoms with E-state index in [1.165, 1.54) is 9.21 Å². The number of fused-ring (bicyclic) bond motifs is 1. The van der Waals surface area contributed by atoms with Gasteiger partial charge in [-0.25, -0.2) is 8.42 Å². The van der Waals surface area contributed by atoms with Gasteiger partial charge in [0.25, 0.3) is 0 Å². The van der Waals surface area contributed by atoms with Gasteiger partial charge in [-0.1, -0.05) is 59.6 Å². The maximum atomic E-state index is 13.9. The third-order valence-electron chi connectivity index (χ3n) is 6.81. The van der Waals surface area contributed by atoms with Crippen molar-refractivity contribution in [1.82, 2.24) is 10.2 Å². The number of halogens is 2. The van der Waals surface area contributed by atoms with Gasteiger partial charge in [-0.2, -0.15) is 0 Å². The van der Waals surface area contributed by atoms with Crippen LogP contribution in [0, 0.1) is 0 Å². The van der Waals surface area contributed by atoms with Crippen LogP contribution in [0.2, 0.25) is 10.0 Å². The number of hydrogen-bond acceptors (Lipinski definition) is 6. The van der Waals surface area contributed by atoms with Crippen molar-refractivity contribution >= 4 is 50.7 Å². The molecular weight excluding hydrogens is 601 g/mol. The van der Waals surface area contributed by atoms with E-state index in [9.17, 15) is 18.0 Å². The summed E-state index contributed by atoms with van der Waals surface area (Å²) >= 11 is 12.9. The van der Waals surface area contributed by atoms with Gasteiger partial charge < -0.3 is 19.7 Å². The van der Waals surface area contributed by atoms with Crippen LogP contribution in [-0.2, 0) is 32.6 Å². The first-order chi connectivity index (χ1) is 20.1. The summed E-state index contributed by atoms with van der Waals surface area (Å²) in [5.74, 6) is 0.338. The molecule has 1 aliphatic heterocycles. The Kier molecular flexibility index (Phi) is 10.6. The van der Waals surface area contributed by atoms with Crippen LogP contribution in [0.1, 0.15) is 30.9 Å². The number of likely N-dealkylation sites (N-methyl/N-ethyl adjacent to an activating group) is 1. The van der Waals surface area contributed by atoms with Crippen LogP contribution in [0.15, 0.2) is 66.7 Å². The molecule has 0 saturated carbocycles. The summed E-state index contributed by atoms with van der Waals surface area (Å²) in [5.41, 5.74) is 1.80. The molecule has 1 heterocycles. The third-order valence-corrected chi connectivity index (χ3v) is 8.71. The summed E-state index contributed by atoms with van der Waals surface area (Å²) in [5, 5.41) is 3.60. The molecule has 1 N–H and O–H groups in total. The number of rotatable bonds is 13. The zero-order valence-corrected chi connectivity index (χ0v) is 25.7. The second-order valence-electron chi connectivity index (χ2n) is 9.80. The van der Waals surface area contributed by atoms with Gasteiger partial charge in [0.15, 0.2) is 11.5 Å². The Morgan fingerprint density at radius 2 is 1.67 bits per heavy atom. The van der Waals surface area contributed by atoms with Crippen LogP contribution in [0.5, 0.6) is 11.5 Å². The van der Waals surface area contributed by atoms with Crippen molar-refractivity contribution in [1.29, 1.82) is 0 Å². The van der Waals surface area contributed by atoms with E-state index in [1.807, 2.05) is 37.3 Å². The van der Waals surface area contributed by atoms with E-state index in [2.05, 4.69) is 5.32 Å². The number of amides is 2. The summed E-state index contributed by atoms with van der Waals surface area (Å²) < 4.78 is 37.4. The van der Waals surface area contributed by atoms with Gasteiger partial charge in [-0.3, -0.25) is 13.9 Å². The molecule has 1 aliphatic rings. The molecule has 0 radical (unpaired) electrons. The Bertz CT molecular complexity index is 1500. The molecule has 0 saturated heterocycles. The number of anilines is 1. The van der Waals surface area contributed by atoms with Gasteiger partial charge >= 0.3 is 0 Å². The minimum Gasteiger partial charge on any atom is -0.454 e. The van der Waals surface area contributed by atoms with Crippen LogP contribution in [0.25, 0.3) is 0 Å². The van der Waals surface area contributed by atoms with Crippen molar-refractivity contribution in [3.05, 3.63) is 87.9 Å². The van der Waals surface area contributed by atoms with Crippen LogP contribution in [0.4, 0.5) is 5.69 Å². The zero-order valence-electron chi connectivity index (χ0n) is 23.4. The summed E-state index contributed by atoms with van der Waals surface area (Å²) in [6.45, 7) is 2.30. The van der Waals surface area contributed by atoms with Crippen molar-refractivity contribution in [2.24, 2.45) is 0 Å². The van der Waals surface area contributed by atoms with Crippen LogP contribution in [-0.4, -0.2) is 57.3 Å². The molecule has 1 atom stereocenters. The topological polar surface area (TPSA) is 105 Å². The monoisotopic (exact) mass is 633 g/mol. The first-order valence-corrected chi connectivity index (χ1v) is 16.1. The Balaban J connectivity index is 1.59. The lowest BCUT2D eigenvalue weighted by Crippen LogP contribution is -2.50. The molecule has 0 aromatic heterocycles. The Labute approximate surface area is 256 Å². The van der Waals surface area contributed by atoms with E-state index < -0.39 is 16.1 Å². The van der Waals surface area contributed by atoms with Gasteiger partial charge in [-0.15, -0.1) is 0 Å². The number of carbonyl (C=O) groups is 2. The largest absolute Gasteiger partial charge is 0.454 e. The lowest BCUT2D eigenvalue weighted by molar-refractivity contribution is -0.141. The number of nitrogens with zero attached hydrogens (tertiary/aromatic N) is 2. The fourth-order valence-corrected chi connectivity index (χ4v) is 6.22. The predicted molar refractivity (Wildman–Crippen MR) is 164 cm³/mol. The first kappa shape index (κ1) is 31.5. The molecule has 9 nitrogen and oxygen atoms in total. The van der Waals surface area contributed by atoms with Gasteiger partial charge in [0.2, 0.25) is 28.6 Å². The fourth-order valence-electron chi connectivity index (χ4n) is 4.74. The number of carbonyl (C=O) groups excluding carboxylic acids is 2. The van der Waals surface area contributed by atoms with E-state index in [0.717, 1.165) is 11.8 Å². The SMILES string of the molecule is CCNC(=O)[C@@H](Cc1ccccc1)N(Cc1c(Cl)cccc1Cl)C(=O)CCCN(c1ccc2c(c1)OCO2)S(C)(=O)=O. The van der Waals surface area contributed by atoms with Gasteiger partial charge in [-0.05, 0) is 43.2 Å². The maximum absolute atomic E-state index is 13.9. The molecule has 3 aromatic carbocycles. The average molecular weight is 635 g/mol. The second-order valence-corrected chi connectivity index (χ2v) is 12.5. The van der Waals surface area contributed by atoms with Crippen LogP contribution in [0.3, 0.4) is 0 Å². The molecule has 2 amide bonds. The van der Waals surface area contributed by atoms with Crippen molar-refractivity contribution in [3.8, 4) is 11.5 Å². The second kappa shape index (κ2) is 14.1. The number of sulfonamides is 1. The molecule has 0 unspecified atom stereocenters. The highest BCUT2D eigenvalue weighted by Gasteiger charge is 2.31. The van der Waals surface area contributed by atoms with E-state index in [0.29, 0.717) is 39.3 Å². The molecule has 224 valence electrons. The quantitative estimate of drug-likeness (QED) is 0.283. The van der Waals surface area contributed by atoms with Crippen molar-refractivity contribution in [3.63, 3.8) is 0 Å². The average Bonchev–Trinajstić information content (AvgIpc) is 3.42. The number of hydrogen-bond donors (Lipinski definition) is 1. The van der Waals surface area contributed by atoms with Crippen molar-refractivity contribution in [2.45, 2.75) is 38.8 Å². The fraction of sp³-hybridized carbons (Fsp3) is 0.333. The highest BCUT2D eigenvalue weighted by molar-refractivity contribution is 7.92. The standard InChI is InChI=1S/C30H33Cl2N3O6S/c1-3-33-30(37)26(17-21-9-5-4-6-10-21)34(19-23-24(31)11-7-12-25(23)32)29(36)13-8-16-35(42(2,38)39)22-14-15-27-28(18-22)41-20-40-27/h4-7,9-12,14-15,18,26H,3,8,13,16-17,19-20H2,1-2H3,(H,33,37)/t26-/m1/s1. The van der Waals surface area contributed by atoms with E-state index in [4.69, 9.17) is 32.7 Å². The summed E-state index contributed by atoms with van der Waals surface area (Å²) in [6, 6.07) is 18.5. The van der Waals surface area contributed by atoms with E-state index >= 15 is 0 Å². The summed E-state index contributed by atoms with van der Waals surface area (Å²) in [7, 11) is -3.68. The number of nitrogens with one attached hydrogen (secondary N) is 1. The minimum atomic E-state index is -3.68. The molecular formula is C30H33Cl2N3O6S. The van der Waals surface area contributed by atoms with Crippen LogP contribution >= 0.6 is 23.2 Å². The minimum absolute atomic E-state index is 0.00390. The molecule has 12 heteroatoms. The molecule has 0 fully saturated rings. The molecule has 0 spiro atoms. The summed E-state index contributed by atoms with van der Waals surface area (Å²) in [4.78, 5) is 28.7. The molecule has 0 bridgehead atoms. The van der Waals surface area contributed by atoms with E-state index in [1.54, 1.807) is 36.4 Å². The van der Waals surface area contributed by atoms with Crippen LogP contribution < -0.4 is 19.1 Å². The van der Waals surface area contributed by atoms with Crippen molar-refractivity contribution in [2.75, 3.05) is 30.4 Å². The Morgan fingerprint density at radius 3 is 2.33 bits per heavy atom. The lowest BCUT2D eigenvalue weighted by atomic mass is 10.0. The van der Waals surface area contributed by atoms with Crippen molar-refractivity contribution < 1.29 is 27.5 Å². The molecule has 4 rings (SSSR count). The molecule has 3 aromatic rings. The third kappa shape index (κ3) is 7.87. The van der Waals surface area contributed by atoms with Gasteiger partial charge in [0, 0.05) is 54.2 Å². The Morgan fingerprint density at radius 1 is 0.976 bits per heavy atom. The number of ether oxygens (including phenoxy) is 2. The molecule has 0 aliphatic carbocycles. The maximum Gasteiger partial charge on any atom is 0.243 e. The lowest BCUT2D eigenvalue weighted by Gasteiger charge is -2.32. The number of benzene rings is 3. The van der Waals surface area contributed by atoms with E-state index in [-0.39, 0.29) is 51.0 Å². The first-order valence-electron chi connectivity index (χ1n) is 13.5. The zero-order chi connectivity index (χ0) is 30.3. The molecule has 42 heavy (non-hydrogen) atoms. The summed E-state index contributed by atoms with van der Waals surface area (Å²) in [6.07, 6.45) is 1.55. The van der Waals surface area contributed by atoms with Gasteiger partial charge in [0.1, 0.15) is 6.04 Å². The normalized spacial score (nSPS) is 13.0. The Hall–Kier alpha value is -3.47.